The second-order valence-corrected chi connectivity index (χ2v) is 7.44. The van der Waals surface area contributed by atoms with Gasteiger partial charge in [0.25, 0.3) is 0 Å². The molecule has 0 fully saturated rings. The molecule has 0 saturated carbocycles. The molecule has 8 nitrogen and oxygen atoms in total. The monoisotopic (exact) mass is 556 g/mol. The average Bonchev–Trinajstić information content (AvgIpc) is 3.48. The zero-order valence-electron chi connectivity index (χ0n) is 18.8. The summed E-state index contributed by atoms with van der Waals surface area (Å²) in [5.41, 5.74) is 5.82. The maximum Gasteiger partial charge on any atom is 0.191 e. The number of rotatable bonds is 8. The molecule has 0 unspecified atom stereocenters. The number of aryl methyl sites for hydroxylation is 1. The number of aromatic nitrogens is 5. The molecule has 4 rings (SSSR count). The molecule has 2 N–H and O–H groups in total. The van der Waals surface area contributed by atoms with Crippen LogP contribution in [0.2, 0.25) is 0 Å². The third-order valence-corrected chi connectivity index (χ3v) is 5.20. The maximum absolute atomic E-state index is 4.81. The molecule has 0 saturated heterocycles. The lowest BCUT2D eigenvalue weighted by molar-refractivity contribution is 0.685. The first-order valence-electron chi connectivity index (χ1n) is 10.7. The SMILES string of the molecule is CCNC(=NCc1ccccc1-c1ccc(Cn2cncn2)cc1)NCc1ccnn1C.I. The van der Waals surface area contributed by atoms with Gasteiger partial charge < -0.3 is 10.6 Å². The van der Waals surface area contributed by atoms with Crippen LogP contribution in [0.3, 0.4) is 0 Å². The van der Waals surface area contributed by atoms with Gasteiger partial charge >= 0.3 is 0 Å². The van der Waals surface area contributed by atoms with Gasteiger partial charge in [-0.15, -0.1) is 24.0 Å². The Morgan fingerprint density at radius 2 is 1.82 bits per heavy atom. The Bertz CT molecular complexity index is 1150. The van der Waals surface area contributed by atoms with Crippen LogP contribution < -0.4 is 10.6 Å². The number of benzene rings is 2. The highest BCUT2D eigenvalue weighted by Crippen LogP contribution is 2.25. The van der Waals surface area contributed by atoms with E-state index >= 15 is 0 Å². The molecule has 172 valence electrons. The van der Waals surface area contributed by atoms with Crippen LogP contribution in [0.15, 0.2) is 78.4 Å². The molecule has 2 aromatic heterocycles. The number of hydrogen-bond acceptors (Lipinski definition) is 4. The Labute approximate surface area is 211 Å². The first-order valence-corrected chi connectivity index (χ1v) is 10.7. The van der Waals surface area contributed by atoms with E-state index in [0.717, 1.165) is 18.2 Å². The van der Waals surface area contributed by atoms with Crippen molar-refractivity contribution >= 4 is 29.9 Å². The fourth-order valence-electron chi connectivity index (χ4n) is 3.49. The summed E-state index contributed by atoms with van der Waals surface area (Å²) in [6.45, 7) is 4.82. The summed E-state index contributed by atoms with van der Waals surface area (Å²) in [7, 11) is 1.94. The van der Waals surface area contributed by atoms with Crippen molar-refractivity contribution in [2.24, 2.45) is 12.0 Å². The van der Waals surface area contributed by atoms with Gasteiger partial charge in [-0.25, -0.2) is 14.7 Å². The van der Waals surface area contributed by atoms with Gasteiger partial charge in [-0.1, -0.05) is 48.5 Å². The topological polar surface area (TPSA) is 84.9 Å². The minimum absolute atomic E-state index is 0. The van der Waals surface area contributed by atoms with Crippen molar-refractivity contribution in [3.63, 3.8) is 0 Å². The Balaban J connectivity index is 0.00000306. The third-order valence-electron chi connectivity index (χ3n) is 5.20. The van der Waals surface area contributed by atoms with Crippen LogP contribution in [0, 0.1) is 0 Å². The van der Waals surface area contributed by atoms with E-state index in [9.17, 15) is 0 Å². The third kappa shape index (κ3) is 6.64. The summed E-state index contributed by atoms with van der Waals surface area (Å²) in [4.78, 5) is 8.81. The highest BCUT2D eigenvalue weighted by atomic mass is 127. The fourth-order valence-corrected chi connectivity index (χ4v) is 3.49. The lowest BCUT2D eigenvalue weighted by atomic mass is 9.98. The predicted octanol–water partition coefficient (Wildman–Crippen LogP) is 3.60. The number of nitrogens with one attached hydrogen (secondary N) is 2. The van der Waals surface area contributed by atoms with Crippen molar-refractivity contribution in [3.05, 3.63) is 90.3 Å². The van der Waals surface area contributed by atoms with Gasteiger partial charge in [-0.2, -0.15) is 10.2 Å². The average molecular weight is 556 g/mol. The number of guanidine groups is 1. The van der Waals surface area contributed by atoms with E-state index in [2.05, 4.69) is 81.3 Å². The van der Waals surface area contributed by atoms with E-state index in [1.807, 2.05) is 22.5 Å². The Kier molecular flexibility index (Phi) is 8.99. The minimum atomic E-state index is 0. The predicted molar refractivity (Wildman–Crippen MR) is 141 cm³/mol. The normalized spacial score (nSPS) is 11.2. The Morgan fingerprint density at radius 1 is 1.00 bits per heavy atom. The molecule has 0 amide bonds. The summed E-state index contributed by atoms with van der Waals surface area (Å²) in [6, 6.07) is 19.0. The van der Waals surface area contributed by atoms with E-state index < -0.39 is 0 Å². The lowest BCUT2D eigenvalue weighted by Gasteiger charge is -2.13. The van der Waals surface area contributed by atoms with Crippen molar-refractivity contribution in [1.29, 1.82) is 0 Å². The van der Waals surface area contributed by atoms with Crippen LogP contribution in [-0.4, -0.2) is 37.0 Å². The molecule has 4 aromatic rings. The Morgan fingerprint density at radius 3 is 2.52 bits per heavy atom. The van der Waals surface area contributed by atoms with Crippen LogP contribution in [0.4, 0.5) is 0 Å². The number of halogens is 1. The highest BCUT2D eigenvalue weighted by molar-refractivity contribution is 14.0. The van der Waals surface area contributed by atoms with Gasteiger partial charge in [0.05, 0.1) is 25.3 Å². The zero-order chi connectivity index (χ0) is 22.2. The van der Waals surface area contributed by atoms with E-state index in [4.69, 9.17) is 4.99 Å². The van der Waals surface area contributed by atoms with Crippen molar-refractivity contribution in [3.8, 4) is 11.1 Å². The molecular formula is C24H29IN8. The quantitative estimate of drug-likeness (QED) is 0.197. The minimum Gasteiger partial charge on any atom is -0.357 e. The molecular weight excluding hydrogens is 527 g/mol. The molecule has 9 heteroatoms. The lowest BCUT2D eigenvalue weighted by Crippen LogP contribution is -2.37. The second-order valence-electron chi connectivity index (χ2n) is 7.44. The maximum atomic E-state index is 4.81. The van der Waals surface area contributed by atoms with Crippen LogP contribution in [-0.2, 0) is 26.7 Å². The van der Waals surface area contributed by atoms with E-state index in [0.29, 0.717) is 19.6 Å². The van der Waals surface area contributed by atoms with Crippen LogP contribution in [0.1, 0.15) is 23.7 Å². The van der Waals surface area contributed by atoms with Crippen molar-refractivity contribution < 1.29 is 0 Å². The molecule has 2 aromatic carbocycles. The van der Waals surface area contributed by atoms with Crippen molar-refractivity contribution in [1.82, 2.24) is 35.2 Å². The number of nitrogens with zero attached hydrogens (tertiary/aromatic N) is 6. The summed E-state index contributed by atoms with van der Waals surface area (Å²) in [5.74, 6) is 0.784. The summed E-state index contributed by atoms with van der Waals surface area (Å²) >= 11 is 0. The first kappa shape index (κ1) is 24.4. The van der Waals surface area contributed by atoms with E-state index in [-0.39, 0.29) is 24.0 Å². The van der Waals surface area contributed by atoms with Crippen molar-refractivity contribution in [2.45, 2.75) is 26.6 Å². The van der Waals surface area contributed by atoms with Gasteiger partial charge in [-0.3, -0.25) is 4.68 Å². The first-order chi connectivity index (χ1) is 15.7. The van der Waals surface area contributed by atoms with Crippen LogP contribution in [0.25, 0.3) is 11.1 Å². The van der Waals surface area contributed by atoms with Gasteiger partial charge in [0.15, 0.2) is 5.96 Å². The molecule has 0 radical (unpaired) electrons. The number of hydrogen-bond donors (Lipinski definition) is 2. The number of aliphatic imine (C=N–C) groups is 1. The smallest absolute Gasteiger partial charge is 0.191 e. The molecule has 33 heavy (non-hydrogen) atoms. The van der Waals surface area contributed by atoms with Gasteiger partial charge in [0.1, 0.15) is 12.7 Å². The summed E-state index contributed by atoms with van der Waals surface area (Å²) in [5, 5.41) is 15.1. The van der Waals surface area contributed by atoms with Gasteiger partial charge in [0, 0.05) is 19.8 Å². The van der Waals surface area contributed by atoms with E-state index in [1.54, 1.807) is 18.9 Å². The molecule has 0 aliphatic carbocycles. The van der Waals surface area contributed by atoms with Crippen LogP contribution in [0.5, 0.6) is 0 Å². The zero-order valence-corrected chi connectivity index (χ0v) is 21.2. The Hall–Kier alpha value is -3.21. The molecule has 0 aliphatic rings. The fraction of sp³-hybridized carbons (Fsp3) is 0.250. The molecule has 0 aliphatic heterocycles. The molecule has 0 atom stereocenters. The summed E-state index contributed by atoms with van der Waals surface area (Å²) < 4.78 is 3.68. The van der Waals surface area contributed by atoms with Gasteiger partial charge in [0.2, 0.25) is 0 Å². The molecule has 0 spiro atoms. The standard InChI is InChI=1S/C24H28N8.HI/c1-3-26-24(28-15-22-12-13-29-31(22)2)27-14-21-6-4-5-7-23(21)20-10-8-19(9-11-20)16-32-18-25-17-30-32;/h4-13,17-18H,3,14-16H2,1-2H3,(H2,26,27,28);1H. The van der Waals surface area contributed by atoms with Gasteiger partial charge in [-0.05, 0) is 35.2 Å². The second kappa shape index (κ2) is 12.1. The molecule has 2 heterocycles. The van der Waals surface area contributed by atoms with E-state index in [1.165, 1.54) is 22.3 Å². The summed E-state index contributed by atoms with van der Waals surface area (Å²) in [6.07, 6.45) is 5.08. The highest BCUT2D eigenvalue weighted by Gasteiger charge is 2.07. The molecule has 0 bridgehead atoms. The largest absolute Gasteiger partial charge is 0.357 e. The van der Waals surface area contributed by atoms with Crippen LogP contribution >= 0.6 is 24.0 Å². The van der Waals surface area contributed by atoms with Crippen molar-refractivity contribution in [2.75, 3.05) is 6.54 Å².